The highest BCUT2D eigenvalue weighted by Gasteiger charge is 2.39. The van der Waals surface area contributed by atoms with Crippen LogP contribution in [0.25, 0.3) is 21.5 Å². The summed E-state index contributed by atoms with van der Waals surface area (Å²) in [4.78, 5) is 109. The maximum Gasteiger partial charge on any atom is 0.243 e. The molecule has 2 fully saturated rings. The molecule has 0 bridgehead atoms. The van der Waals surface area contributed by atoms with Crippen LogP contribution in [0.4, 0.5) is 0 Å². The molecule has 2 saturated heterocycles. The smallest absolute Gasteiger partial charge is 0.243 e. The number of imidazole rings is 2. The van der Waals surface area contributed by atoms with E-state index in [1.54, 1.807) is 25.0 Å². The molecular weight excluding hydrogens is 1380 g/mol. The Morgan fingerprint density at radius 3 is 1.13 bits per heavy atom. The second-order valence-corrected chi connectivity index (χ2v) is 28.5. The molecule has 24 heteroatoms. The molecule has 0 radical (unpaired) electrons. The number of aromatic amines is 2. The Kier molecular flexibility index (Phi) is 28.5. The summed E-state index contributed by atoms with van der Waals surface area (Å²) in [5.74, 6) is -1.34. The summed E-state index contributed by atoms with van der Waals surface area (Å²) in [5.41, 5.74) is 30.6. The normalized spacial score (nSPS) is 17.0. The van der Waals surface area contributed by atoms with Crippen molar-refractivity contribution in [3.8, 4) is 0 Å². The maximum absolute atomic E-state index is 14.6. The molecule has 24 nitrogen and oxygen atoms in total. The zero-order valence-electron chi connectivity index (χ0n) is 62.5. The standard InChI is InChI=1S/2C43H51N9O3/c2*1-29(53)49-40(25-35-26-46-28-48-35)41(54)51-39(24-30-18-19-31-11-8-9-16-34(31)23-30)37-20-22-52(42(55)38(50-37)17-10-21-47-43(44)45)27-36(32-12-4-2-5-13-32)33-14-6-3-7-15-33/h2*2-9,11-16,18-19,23,26,28,36-40,50H,10,17,20-22,24-25,27H2,1H3,(H,46,48)(H,49,53)(H,51,54)(H4,44,45,47)/t37-,38+,39+,40+;37-,38-,39-,40-/m10/s1. The molecule has 10 aromatic rings. The largest absolute Gasteiger partial charge is 0.370 e. The minimum Gasteiger partial charge on any atom is -0.370 e. The van der Waals surface area contributed by atoms with Gasteiger partial charge in [-0.15, -0.1) is 0 Å². The summed E-state index contributed by atoms with van der Waals surface area (Å²) in [6, 6.07) is 65.8. The Morgan fingerprint density at radius 2 is 0.800 bits per heavy atom. The molecule has 12 rings (SSSR count). The molecule has 0 unspecified atom stereocenters. The van der Waals surface area contributed by atoms with Gasteiger partial charge in [-0.2, -0.15) is 0 Å². The lowest BCUT2D eigenvalue weighted by Gasteiger charge is -2.31. The van der Waals surface area contributed by atoms with Gasteiger partial charge in [0, 0.05) is 126 Å². The van der Waals surface area contributed by atoms with Gasteiger partial charge in [-0.25, -0.2) is 9.97 Å². The first-order chi connectivity index (χ1) is 53.5. The number of fused-ring (bicyclic) bond motifs is 2. The monoisotopic (exact) mass is 1480 g/mol. The van der Waals surface area contributed by atoms with Crippen molar-refractivity contribution in [1.29, 1.82) is 0 Å². The van der Waals surface area contributed by atoms with Gasteiger partial charge in [0.2, 0.25) is 35.4 Å². The molecule has 16 N–H and O–H groups in total. The zero-order chi connectivity index (χ0) is 77.1. The van der Waals surface area contributed by atoms with Crippen molar-refractivity contribution in [2.45, 2.75) is 138 Å². The van der Waals surface area contributed by atoms with Crippen LogP contribution in [0, 0.1) is 0 Å². The van der Waals surface area contributed by atoms with Gasteiger partial charge in [-0.05, 0) is 106 Å². The molecule has 2 aliphatic heterocycles. The molecule has 2 aromatic heterocycles. The topological polar surface area (TPSA) is 367 Å². The van der Waals surface area contributed by atoms with Crippen molar-refractivity contribution < 1.29 is 28.8 Å². The van der Waals surface area contributed by atoms with Crippen LogP contribution in [-0.2, 0) is 54.5 Å². The average molecular weight is 1480 g/mol. The zero-order valence-corrected chi connectivity index (χ0v) is 62.5. The van der Waals surface area contributed by atoms with Crippen molar-refractivity contribution >= 4 is 68.9 Å². The van der Waals surface area contributed by atoms with Crippen LogP contribution < -0.4 is 54.8 Å². The van der Waals surface area contributed by atoms with Gasteiger partial charge in [0.05, 0.1) is 24.7 Å². The highest BCUT2D eigenvalue weighted by Crippen LogP contribution is 2.31. The third-order valence-electron chi connectivity index (χ3n) is 20.5. The number of H-pyrrole nitrogens is 2. The van der Waals surface area contributed by atoms with Gasteiger partial charge in [-0.1, -0.05) is 206 Å². The van der Waals surface area contributed by atoms with Crippen molar-refractivity contribution in [1.82, 2.24) is 61.6 Å². The molecule has 2 aliphatic rings. The molecule has 572 valence electrons. The van der Waals surface area contributed by atoms with Crippen LogP contribution in [0.5, 0.6) is 0 Å². The molecule has 110 heavy (non-hydrogen) atoms. The lowest BCUT2D eigenvalue weighted by Crippen LogP contribution is -2.58. The van der Waals surface area contributed by atoms with Crippen LogP contribution in [-0.4, -0.2) is 165 Å². The number of rotatable bonds is 32. The van der Waals surface area contributed by atoms with E-state index in [2.05, 4.69) is 171 Å². The number of hydrogen-bond acceptors (Lipinski definition) is 12. The number of aliphatic imine (C=N–C) groups is 2. The Labute approximate surface area is 642 Å². The minimum absolute atomic E-state index is 0.00443. The van der Waals surface area contributed by atoms with Crippen molar-refractivity contribution in [2.75, 3.05) is 39.3 Å². The van der Waals surface area contributed by atoms with Crippen LogP contribution >= 0.6 is 0 Å². The van der Waals surface area contributed by atoms with E-state index in [1.165, 1.54) is 13.8 Å². The van der Waals surface area contributed by atoms with E-state index < -0.39 is 36.3 Å². The number of hydrogen-bond donors (Lipinski definition) is 12. The fourth-order valence-electron chi connectivity index (χ4n) is 15.0. The molecule has 4 heterocycles. The molecular formula is C86H102N18O6. The summed E-state index contributed by atoms with van der Waals surface area (Å²) in [7, 11) is 0. The summed E-state index contributed by atoms with van der Waals surface area (Å²) in [6.45, 7) is 5.51. The van der Waals surface area contributed by atoms with Crippen molar-refractivity contribution in [3.05, 3.63) is 276 Å². The second-order valence-electron chi connectivity index (χ2n) is 28.5. The highest BCUT2D eigenvalue weighted by molar-refractivity contribution is 5.89. The number of guanidine groups is 2. The fourth-order valence-corrected chi connectivity index (χ4v) is 15.0. The molecule has 8 aromatic carbocycles. The number of carbonyl (C=O) groups excluding carboxylic acids is 6. The predicted molar refractivity (Wildman–Crippen MR) is 432 cm³/mol. The van der Waals surface area contributed by atoms with E-state index >= 15 is 0 Å². The Balaban J connectivity index is 0.000000218. The fraction of sp³-hybridized carbons (Fsp3) is 0.326. The number of amides is 6. The number of aromatic nitrogens is 4. The Morgan fingerprint density at radius 1 is 0.455 bits per heavy atom. The number of nitrogens with two attached hydrogens (primary N) is 4. The first-order valence-electron chi connectivity index (χ1n) is 37.9. The third-order valence-corrected chi connectivity index (χ3v) is 20.5. The first-order valence-corrected chi connectivity index (χ1v) is 37.9. The van der Waals surface area contributed by atoms with Crippen LogP contribution in [0.1, 0.15) is 109 Å². The molecule has 0 spiro atoms. The van der Waals surface area contributed by atoms with Crippen molar-refractivity contribution in [2.24, 2.45) is 32.9 Å². The van der Waals surface area contributed by atoms with Gasteiger partial charge in [0.1, 0.15) is 12.1 Å². The highest BCUT2D eigenvalue weighted by atomic mass is 16.2. The van der Waals surface area contributed by atoms with E-state index in [-0.39, 0.29) is 84.1 Å². The SMILES string of the molecule is CC(=O)N[C@@H](Cc1cnc[nH]1)C(=O)N[C@@H](Cc1ccc2ccccc2c1)[C@@H]1CCN(CC(c2ccccc2)c2ccccc2)C(=O)[C@H](CCCN=C(N)N)N1.CC(=O)N[C@@H](Cc1cnc[nH]1)C(=O)N[C@@H](Cc1ccc2ccccc2c1)[C@H]1CCN(CC(c2ccccc2)c2ccccc2)C(=O)[C@H](CCCN=C(N)N)N1. The van der Waals surface area contributed by atoms with E-state index in [0.717, 1.165) is 66.3 Å². The molecule has 0 saturated carbocycles. The first kappa shape index (κ1) is 79.0. The van der Waals surface area contributed by atoms with Crippen LogP contribution in [0.15, 0.2) is 241 Å². The van der Waals surface area contributed by atoms with Gasteiger partial charge in [-0.3, -0.25) is 38.8 Å². The van der Waals surface area contributed by atoms with Crippen LogP contribution in [0.2, 0.25) is 0 Å². The average Bonchev–Trinajstić information content (AvgIpc) is 1.58. The quantitative estimate of drug-likeness (QED) is 0.0110. The lowest BCUT2D eigenvalue weighted by molar-refractivity contribution is -0.133. The molecule has 8 atom stereocenters. The summed E-state index contributed by atoms with van der Waals surface area (Å²) >= 11 is 0. The van der Waals surface area contributed by atoms with E-state index in [9.17, 15) is 28.8 Å². The van der Waals surface area contributed by atoms with Gasteiger partial charge in [0.15, 0.2) is 11.9 Å². The summed E-state index contributed by atoms with van der Waals surface area (Å²) < 4.78 is 0. The lowest BCUT2D eigenvalue weighted by atomic mass is 9.90. The van der Waals surface area contributed by atoms with E-state index in [4.69, 9.17) is 22.9 Å². The summed E-state index contributed by atoms with van der Waals surface area (Å²) in [6.07, 6.45) is 11.2. The number of benzene rings is 8. The third kappa shape index (κ3) is 23.0. The second kappa shape index (κ2) is 39.7. The summed E-state index contributed by atoms with van der Waals surface area (Å²) in [5, 5.41) is 24.2. The van der Waals surface area contributed by atoms with E-state index in [0.29, 0.717) is 90.6 Å². The maximum atomic E-state index is 14.6. The molecule has 0 aliphatic carbocycles. The van der Waals surface area contributed by atoms with Crippen molar-refractivity contribution in [3.63, 3.8) is 0 Å². The Bertz CT molecular complexity index is 4280. The number of carbonyl (C=O) groups is 6. The minimum atomic E-state index is -0.839. The Hall–Kier alpha value is -12.0. The van der Waals surface area contributed by atoms with Gasteiger partial charge >= 0.3 is 0 Å². The predicted octanol–water partition coefficient (Wildman–Crippen LogP) is 7.56. The number of nitrogens with zero attached hydrogens (tertiary/aromatic N) is 6. The van der Waals surface area contributed by atoms with Crippen LogP contribution in [0.3, 0.4) is 0 Å². The van der Waals surface area contributed by atoms with Gasteiger partial charge < -0.3 is 74.6 Å². The molecule has 6 amide bonds. The van der Waals surface area contributed by atoms with Gasteiger partial charge in [0.25, 0.3) is 0 Å². The van der Waals surface area contributed by atoms with E-state index in [1.807, 2.05) is 107 Å². The number of nitrogens with one attached hydrogen (secondary N) is 8.